The molecule has 3 N–H and O–H groups in total. The Hall–Kier alpha value is -1.36. The maximum absolute atomic E-state index is 10.2. The minimum Gasteiger partial charge on any atom is -0.481 e. The second kappa shape index (κ2) is 9.64. The van der Waals surface area contributed by atoms with Crippen LogP contribution in [0.2, 0.25) is 0 Å². The molecule has 0 radical (unpaired) electrons. The topological polar surface area (TPSA) is 86.6 Å². The van der Waals surface area contributed by atoms with Crippen molar-refractivity contribution in [1.29, 1.82) is 0 Å². The van der Waals surface area contributed by atoms with Gasteiger partial charge < -0.3 is 15.5 Å². The van der Waals surface area contributed by atoms with Crippen LogP contribution in [0, 0.1) is 0 Å². The number of aliphatic hydroxyl groups excluding tert-OH is 1. The minimum absolute atomic E-state index is 0.0282. The summed E-state index contributed by atoms with van der Waals surface area (Å²) in [6.45, 7) is 4.57. The Morgan fingerprint density at radius 1 is 1.58 bits per heavy atom. The van der Waals surface area contributed by atoms with Gasteiger partial charge in [0.2, 0.25) is 5.91 Å². The monoisotopic (exact) mass is 175 g/mol. The molecule has 0 atom stereocenters. The van der Waals surface area contributed by atoms with Crippen molar-refractivity contribution in [2.75, 3.05) is 13.2 Å². The molecule has 0 aromatic carbocycles. The van der Waals surface area contributed by atoms with Gasteiger partial charge in [-0.15, -0.1) is 0 Å². The summed E-state index contributed by atoms with van der Waals surface area (Å²) in [7, 11) is 0. The summed E-state index contributed by atoms with van der Waals surface area (Å²) in [5.74, 6) is -1.08. The molecule has 0 heterocycles. The fourth-order valence-electron chi connectivity index (χ4n) is 0.251. The van der Waals surface area contributed by atoms with E-state index in [1.807, 2.05) is 0 Å². The summed E-state index contributed by atoms with van der Waals surface area (Å²) in [6.07, 6.45) is 1.16. The van der Waals surface area contributed by atoms with Crippen LogP contribution in [0.4, 0.5) is 0 Å². The van der Waals surface area contributed by atoms with Crippen LogP contribution in [-0.4, -0.2) is 35.2 Å². The number of aliphatic carboxylic acids is 1. The summed E-state index contributed by atoms with van der Waals surface area (Å²) in [5, 5.41) is 18.0. The first-order chi connectivity index (χ1) is 5.54. The molecular weight excluding hydrogens is 162 g/mol. The summed E-state index contributed by atoms with van der Waals surface area (Å²) in [4.78, 5) is 19.2. The molecule has 0 spiro atoms. The normalized spacial score (nSPS) is 7.50. The molecule has 0 aliphatic carbocycles. The summed E-state index contributed by atoms with van der Waals surface area (Å²) < 4.78 is 0. The summed E-state index contributed by atoms with van der Waals surface area (Å²) >= 11 is 0. The second-order valence-corrected chi connectivity index (χ2v) is 1.74. The SMILES string of the molecule is C=CC(=O)NCCO.CC(=O)O. The largest absolute Gasteiger partial charge is 0.481 e. The zero-order chi connectivity index (χ0) is 9.98. The van der Waals surface area contributed by atoms with Gasteiger partial charge in [0.05, 0.1) is 6.61 Å². The van der Waals surface area contributed by atoms with E-state index >= 15 is 0 Å². The summed E-state index contributed by atoms with van der Waals surface area (Å²) in [6, 6.07) is 0. The smallest absolute Gasteiger partial charge is 0.300 e. The quantitative estimate of drug-likeness (QED) is 0.498. The third-order valence-corrected chi connectivity index (χ3v) is 0.596. The van der Waals surface area contributed by atoms with Crippen molar-refractivity contribution in [2.45, 2.75) is 6.92 Å². The van der Waals surface area contributed by atoms with Crippen LogP contribution in [0.25, 0.3) is 0 Å². The number of rotatable bonds is 3. The second-order valence-electron chi connectivity index (χ2n) is 1.74. The molecule has 12 heavy (non-hydrogen) atoms. The Bertz CT molecular complexity index is 151. The molecule has 0 saturated carbocycles. The number of carboxylic acids is 1. The number of amides is 1. The van der Waals surface area contributed by atoms with Crippen molar-refractivity contribution in [2.24, 2.45) is 0 Å². The van der Waals surface area contributed by atoms with E-state index in [-0.39, 0.29) is 12.5 Å². The highest BCUT2D eigenvalue weighted by atomic mass is 16.4. The molecule has 5 heteroatoms. The van der Waals surface area contributed by atoms with Gasteiger partial charge in [-0.25, -0.2) is 0 Å². The number of hydrogen-bond acceptors (Lipinski definition) is 3. The highest BCUT2D eigenvalue weighted by Crippen LogP contribution is 1.62. The average Bonchev–Trinajstić information content (AvgIpc) is 1.99. The van der Waals surface area contributed by atoms with Crippen LogP contribution in [-0.2, 0) is 9.59 Å². The van der Waals surface area contributed by atoms with Crippen molar-refractivity contribution in [3.8, 4) is 0 Å². The van der Waals surface area contributed by atoms with Crippen molar-refractivity contribution in [3.05, 3.63) is 12.7 Å². The molecule has 0 aliphatic rings. The van der Waals surface area contributed by atoms with Crippen molar-refractivity contribution >= 4 is 11.9 Å². The van der Waals surface area contributed by atoms with Crippen LogP contribution >= 0.6 is 0 Å². The minimum atomic E-state index is -0.833. The van der Waals surface area contributed by atoms with Crippen LogP contribution in [0.3, 0.4) is 0 Å². The number of carbonyl (C=O) groups excluding carboxylic acids is 1. The molecule has 0 aromatic rings. The Balaban J connectivity index is 0. The van der Waals surface area contributed by atoms with E-state index in [1.54, 1.807) is 0 Å². The highest BCUT2D eigenvalue weighted by Gasteiger charge is 1.87. The Morgan fingerprint density at radius 2 is 2.00 bits per heavy atom. The number of carboxylic acid groups (broad SMARTS) is 1. The first-order valence-corrected chi connectivity index (χ1v) is 3.25. The van der Waals surface area contributed by atoms with Crippen molar-refractivity contribution in [3.63, 3.8) is 0 Å². The molecule has 0 saturated heterocycles. The van der Waals surface area contributed by atoms with Gasteiger partial charge in [0, 0.05) is 13.5 Å². The molecule has 5 nitrogen and oxygen atoms in total. The fourth-order valence-corrected chi connectivity index (χ4v) is 0.251. The molecule has 0 bridgehead atoms. The van der Waals surface area contributed by atoms with E-state index in [0.29, 0.717) is 6.54 Å². The van der Waals surface area contributed by atoms with Crippen LogP contribution in [0.1, 0.15) is 6.92 Å². The third kappa shape index (κ3) is 23.4. The van der Waals surface area contributed by atoms with Gasteiger partial charge in [-0.1, -0.05) is 6.58 Å². The Morgan fingerprint density at radius 3 is 2.25 bits per heavy atom. The zero-order valence-corrected chi connectivity index (χ0v) is 6.91. The van der Waals surface area contributed by atoms with Crippen LogP contribution in [0.5, 0.6) is 0 Å². The van der Waals surface area contributed by atoms with E-state index in [1.165, 1.54) is 0 Å². The van der Waals surface area contributed by atoms with Gasteiger partial charge >= 0.3 is 0 Å². The summed E-state index contributed by atoms with van der Waals surface area (Å²) in [5.41, 5.74) is 0. The van der Waals surface area contributed by atoms with Gasteiger partial charge in [-0.05, 0) is 6.08 Å². The molecule has 0 fully saturated rings. The first-order valence-electron chi connectivity index (χ1n) is 3.25. The molecule has 0 unspecified atom stereocenters. The number of hydrogen-bond donors (Lipinski definition) is 3. The van der Waals surface area contributed by atoms with Crippen molar-refractivity contribution < 1.29 is 19.8 Å². The molecule has 1 amide bonds. The maximum Gasteiger partial charge on any atom is 0.300 e. The van der Waals surface area contributed by atoms with E-state index in [4.69, 9.17) is 15.0 Å². The lowest BCUT2D eigenvalue weighted by atomic mass is 10.5. The Labute approximate surface area is 70.7 Å². The number of carbonyl (C=O) groups is 2. The van der Waals surface area contributed by atoms with Gasteiger partial charge in [-0.3, -0.25) is 9.59 Å². The predicted octanol–water partition coefficient (Wildman–Crippen LogP) is -0.628. The van der Waals surface area contributed by atoms with Gasteiger partial charge in [0.25, 0.3) is 5.97 Å². The third-order valence-electron chi connectivity index (χ3n) is 0.596. The lowest BCUT2D eigenvalue weighted by Gasteiger charge is -1.94. The average molecular weight is 175 g/mol. The molecular formula is C7H13NO4. The van der Waals surface area contributed by atoms with Gasteiger partial charge in [0.1, 0.15) is 0 Å². The number of nitrogens with one attached hydrogen (secondary N) is 1. The fraction of sp³-hybridized carbons (Fsp3) is 0.429. The van der Waals surface area contributed by atoms with E-state index in [0.717, 1.165) is 13.0 Å². The predicted molar refractivity (Wildman–Crippen MR) is 43.6 cm³/mol. The van der Waals surface area contributed by atoms with Crippen LogP contribution in [0.15, 0.2) is 12.7 Å². The van der Waals surface area contributed by atoms with E-state index in [2.05, 4.69) is 11.9 Å². The van der Waals surface area contributed by atoms with E-state index in [9.17, 15) is 4.79 Å². The molecule has 0 rings (SSSR count). The molecule has 0 aromatic heterocycles. The maximum atomic E-state index is 10.2. The van der Waals surface area contributed by atoms with Crippen LogP contribution < -0.4 is 5.32 Å². The lowest BCUT2D eigenvalue weighted by molar-refractivity contribution is -0.134. The zero-order valence-electron chi connectivity index (χ0n) is 6.91. The van der Waals surface area contributed by atoms with Gasteiger partial charge in [0.15, 0.2) is 0 Å². The van der Waals surface area contributed by atoms with Crippen molar-refractivity contribution in [1.82, 2.24) is 5.32 Å². The number of aliphatic hydroxyl groups is 1. The van der Waals surface area contributed by atoms with Gasteiger partial charge in [-0.2, -0.15) is 0 Å². The highest BCUT2D eigenvalue weighted by molar-refractivity contribution is 5.86. The lowest BCUT2D eigenvalue weighted by Crippen LogP contribution is -2.23. The first kappa shape index (κ1) is 13.2. The molecule has 70 valence electrons. The molecule has 0 aliphatic heterocycles. The standard InChI is InChI=1S/C5H9NO2.C2H4O2/c1-2-5(8)6-3-4-7;1-2(3)4/h2,7H,1,3-4H2,(H,6,8);1H3,(H,3,4). The Kier molecular flexibility index (Phi) is 10.6. The van der Waals surface area contributed by atoms with E-state index < -0.39 is 5.97 Å².